The number of unbranched alkanes of at least 4 members (excludes halogenated alkanes) is 3. The molecule has 1 rings (SSSR count). The third-order valence-corrected chi connectivity index (χ3v) is 3.74. The number of hydrogen-bond acceptors (Lipinski definition) is 2. The number of nitrogens with one attached hydrogen (secondary N) is 2. The number of guanidine groups is 1. The lowest BCUT2D eigenvalue weighted by atomic mass is 10.1. The number of hydrogen-bond donors (Lipinski definition) is 2. The number of benzene rings is 1. The second-order valence-electron chi connectivity index (χ2n) is 6.10. The van der Waals surface area contributed by atoms with Crippen molar-refractivity contribution in [1.82, 2.24) is 15.5 Å². The predicted octanol–water partition coefficient (Wildman–Crippen LogP) is 2.43. The first-order valence-corrected chi connectivity index (χ1v) is 8.89. The number of nitrogens with zero attached hydrogens (tertiary/aromatic N) is 2. The monoisotopic (exact) mass is 332 g/mol. The highest BCUT2D eigenvalue weighted by Crippen LogP contribution is 1.99. The molecule has 24 heavy (non-hydrogen) atoms. The van der Waals surface area contributed by atoms with Crippen LogP contribution in [0.5, 0.6) is 0 Å². The summed E-state index contributed by atoms with van der Waals surface area (Å²) >= 11 is 0. The topological polar surface area (TPSA) is 56.7 Å². The molecule has 0 saturated carbocycles. The molecule has 0 heterocycles. The van der Waals surface area contributed by atoms with Gasteiger partial charge in [0.15, 0.2) is 5.96 Å². The molecule has 5 heteroatoms. The zero-order valence-corrected chi connectivity index (χ0v) is 15.3. The van der Waals surface area contributed by atoms with Gasteiger partial charge in [0.1, 0.15) is 6.54 Å². The van der Waals surface area contributed by atoms with Crippen molar-refractivity contribution in [3.05, 3.63) is 35.9 Å². The number of amides is 1. The Kier molecular flexibility index (Phi) is 10.3. The number of likely N-dealkylation sites (N-methyl/N-ethyl adjacent to an activating group) is 1. The first-order chi connectivity index (χ1) is 11.6. The summed E-state index contributed by atoms with van der Waals surface area (Å²) in [7, 11) is 3.50. The smallest absolute Gasteiger partial charge is 0.243 e. The number of aliphatic imine (C=N–C) groups is 1. The third kappa shape index (κ3) is 9.18. The van der Waals surface area contributed by atoms with E-state index < -0.39 is 0 Å². The van der Waals surface area contributed by atoms with Gasteiger partial charge in [0.25, 0.3) is 0 Å². The van der Waals surface area contributed by atoms with E-state index >= 15 is 0 Å². The Morgan fingerprint density at radius 2 is 1.75 bits per heavy atom. The van der Waals surface area contributed by atoms with Crippen molar-refractivity contribution in [2.45, 2.75) is 39.0 Å². The van der Waals surface area contributed by atoms with Crippen LogP contribution in [0.15, 0.2) is 35.3 Å². The summed E-state index contributed by atoms with van der Waals surface area (Å²) < 4.78 is 0. The summed E-state index contributed by atoms with van der Waals surface area (Å²) in [5.74, 6) is 0.725. The first-order valence-electron chi connectivity index (χ1n) is 8.89. The second kappa shape index (κ2) is 12.4. The van der Waals surface area contributed by atoms with E-state index in [1.54, 1.807) is 19.0 Å². The van der Waals surface area contributed by atoms with E-state index in [-0.39, 0.29) is 12.5 Å². The van der Waals surface area contributed by atoms with Crippen molar-refractivity contribution in [3.8, 4) is 0 Å². The van der Waals surface area contributed by atoms with Crippen LogP contribution in [-0.4, -0.2) is 50.5 Å². The maximum Gasteiger partial charge on any atom is 0.243 e. The number of carbonyl (C=O) groups excluding carboxylic acids is 1. The average molecular weight is 332 g/mol. The van der Waals surface area contributed by atoms with Crippen LogP contribution in [0.25, 0.3) is 0 Å². The van der Waals surface area contributed by atoms with Gasteiger partial charge in [-0.05, 0) is 18.4 Å². The fourth-order valence-corrected chi connectivity index (χ4v) is 2.19. The molecule has 0 bridgehead atoms. The Hall–Kier alpha value is -2.04. The lowest BCUT2D eigenvalue weighted by molar-refractivity contribution is -0.127. The first kappa shape index (κ1) is 20.0. The van der Waals surface area contributed by atoms with E-state index in [9.17, 15) is 4.79 Å². The van der Waals surface area contributed by atoms with Crippen molar-refractivity contribution in [2.24, 2.45) is 4.99 Å². The fraction of sp³-hybridized carbons (Fsp3) is 0.579. The van der Waals surface area contributed by atoms with E-state index in [0.717, 1.165) is 31.9 Å². The van der Waals surface area contributed by atoms with Gasteiger partial charge in [-0.1, -0.05) is 56.5 Å². The Morgan fingerprint density at radius 3 is 2.42 bits per heavy atom. The van der Waals surface area contributed by atoms with E-state index in [1.165, 1.54) is 24.8 Å². The van der Waals surface area contributed by atoms with Crippen LogP contribution < -0.4 is 10.6 Å². The van der Waals surface area contributed by atoms with E-state index in [2.05, 4.69) is 34.7 Å². The summed E-state index contributed by atoms with van der Waals surface area (Å²) in [5, 5.41) is 6.65. The van der Waals surface area contributed by atoms with Crippen molar-refractivity contribution in [2.75, 3.05) is 33.7 Å². The molecule has 0 aliphatic rings. The highest BCUT2D eigenvalue weighted by molar-refractivity contribution is 5.84. The normalized spacial score (nSPS) is 11.2. The van der Waals surface area contributed by atoms with Gasteiger partial charge < -0.3 is 15.5 Å². The summed E-state index contributed by atoms with van der Waals surface area (Å²) in [6.07, 6.45) is 5.76. The highest BCUT2D eigenvalue weighted by atomic mass is 16.2. The molecule has 0 radical (unpaired) electrons. The Bertz CT molecular complexity index is 485. The summed E-state index contributed by atoms with van der Waals surface area (Å²) in [6, 6.07) is 10.4. The molecule has 1 amide bonds. The highest BCUT2D eigenvalue weighted by Gasteiger charge is 2.04. The van der Waals surface area contributed by atoms with Gasteiger partial charge in [-0.3, -0.25) is 4.79 Å². The Balaban J connectivity index is 2.43. The zero-order valence-electron chi connectivity index (χ0n) is 15.3. The molecule has 1 aromatic carbocycles. The SMILES string of the molecule is CCCCCCNC(=NCC(=O)N(C)C)NCCc1ccccc1. The molecule has 0 unspecified atom stereocenters. The molecule has 0 fully saturated rings. The summed E-state index contributed by atoms with van der Waals surface area (Å²) in [6.45, 7) is 4.05. The number of carbonyl (C=O) groups is 1. The maximum absolute atomic E-state index is 11.7. The molecule has 0 aliphatic carbocycles. The van der Waals surface area contributed by atoms with Crippen molar-refractivity contribution in [3.63, 3.8) is 0 Å². The minimum Gasteiger partial charge on any atom is -0.356 e. The van der Waals surface area contributed by atoms with Crippen molar-refractivity contribution >= 4 is 11.9 Å². The van der Waals surface area contributed by atoms with Crippen LogP contribution >= 0.6 is 0 Å². The molecule has 1 aromatic rings. The zero-order chi connectivity index (χ0) is 17.6. The largest absolute Gasteiger partial charge is 0.356 e. The second-order valence-corrected chi connectivity index (χ2v) is 6.10. The molecular formula is C19H32N4O. The molecule has 5 nitrogen and oxygen atoms in total. The quantitative estimate of drug-likeness (QED) is 0.393. The lowest BCUT2D eigenvalue weighted by Crippen LogP contribution is -2.40. The van der Waals surface area contributed by atoms with Crippen molar-refractivity contribution < 1.29 is 4.79 Å². The average Bonchev–Trinajstić information content (AvgIpc) is 2.59. The fourth-order valence-electron chi connectivity index (χ4n) is 2.19. The molecule has 0 saturated heterocycles. The van der Waals surface area contributed by atoms with Crippen LogP contribution in [0.4, 0.5) is 0 Å². The molecule has 2 N–H and O–H groups in total. The van der Waals surface area contributed by atoms with Gasteiger partial charge in [0, 0.05) is 27.2 Å². The van der Waals surface area contributed by atoms with Crippen LogP contribution in [-0.2, 0) is 11.2 Å². The Labute approximate surface area is 146 Å². The van der Waals surface area contributed by atoms with Crippen LogP contribution in [0.1, 0.15) is 38.2 Å². The molecule has 0 aromatic heterocycles. The van der Waals surface area contributed by atoms with Gasteiger partial charge in [-0.2, -0.15) is 0 Å². The van der Waals surface area contributed by atoms with Gasteiger partial charge in [-0.25, -0.2) is 4.99 Å². The van der Waals surface area contributed by atoms with Crippen LogP contribution in [0.3, 0.4) is 0 Å². The van der Waals surface area contributed by atoms with Crippen LogP contribution in [0, 0.1) is 0 Å². The van der Waals surface area contributed by atoms with Crippen LogP contribution in [0.2, 0.25) is 0 Å². The molecule has 134 valence electrons. The van der Waals surface area contributed by atoms with Gasteiger partial charge in [0.05, 0.1) is 0 Å². The van der Waals surface area contributed by atoms with E-state index in [1.807, 2.05) is 18.2 Å². The molecular weight excluding hydrogens is 300 g/mol. The predicted molar refractivity (Wildman–Crippen MR) is 101 cm³/mol. The molecule has 0 atom stereocenters. The minimum atomic E-state index is 0.00476. The minimum absolute atomic E-state index is 0.00476. The summed E-state index contributed by atoms with van der Waals surface area (Å²) in [5.41, 5.74) is 1.29. The maximum atomic E-state index is 11.7. The summed E-state index contributed by atoms with van der Waals surface area (Å²) in [4.78, 5) is 17.7. The Morgan fingerprint density at radius 1 is 1.04 bits per heavy atom. The lowest BCUT2D eigenvalue weighted by Gasteiger charge is -2.14. The van der Waals surface area contributed by atoms with Gasteiger partial charge in [0.2, 0.25) is 5.91 Å². The van der Waals surface area contributed by atoms with Gasteiger partial charge >= 0.3 is 0 Å². The standard InChI is InChI=1S/C19H32N4O/c1-4-5-6-10-14-20-19(22-16-18(24)23(2)3)21-15-13-17-11-8-7-9-12-17/h7-9,11-12H,4-6,10,13-16H2,1-3H3,(H2,20,21,22). The van der Waals surface area contributed by atoms with Crippen molar-refractivity contribution in [1.29, 1.82) is 0 Å². The van der Waals surface area contributed by atoms with E-state index in [0.29, 0.717) is 0 Å². The van der Waals surface area contributed by atoms with E-state index in [4.69, 9.17) is 0 Å². The molecule has 0 aliphatic heterocycles. The third-order valence-electron chi connectivity index (χ3n) is 3.74. The van der Waals surface area contributed by atoms with Gasteiger partial charge in [-0.15, -0.1) is 0 Å². The molecule has 0 spiro atoms. The number of rotatable bonds is 10.